The molecule has 0 radical (unpaired) electrons. The van der Waals surface area contributed by atoms with Crippen LogP contribution in [0.1, 0.15) is 23.2 Å². The Morgan fingerprint density at radius 3 is 3.14 bits per heavy atom. The molecule has 1 aliphatic heterocycles. The fraction of sp³-hybridized carbons (Fsp3) is 0.467. The molecule has 1 atom stereocenters. The first-order valence-corrected chi connectivity index (χ1v) is 7.23. The summed E-state index contributed by atoms with van der Waals surface area (Å²) in [6.45, 7) is 5.38. The van der Waals surface area contributed by atoms with Crippen molar-refractivity contribution in [2.24, 2.45) is 0 Å². The lowest BCUT2D eigenvalue weighted by molar-refractivity contribution is -0.0353. The van der Waals surface area contributed by atoms with Gasteiger partial charge < -0.3 is 10.1 Å². The molecule has 112 valence electrons. The van der Waals surface area contributed by atoms with Gasteiger partial charge in [-0.1, -0.05) is 0 Å². The van der Waals surface area contributed by atoms with E-state index in [4.69, 9.17) is 4.74 Å². The van der Waals surface area contributed by atoms with Crippen molar-refractivity contribution in [2.75, 3.05) is 32.1 Å². The number of hydrogen-bond donors (Lipinski definition) is 2. The molecule has 0 spiro atoms. The number of nitrogens with zero attached hydrogens (tertiary/aromatic N) is 3. The van der Waals surface area contributed by atoms with Crippen LogP contribution in [0.25, 0.3) is 0 Å². The van der Waals surface area contributed by atoms with Crippen LogP contribution in [0, 0.1) is 6.92 Å². The van der Waals surface area contributed by atoms with Crippen LogP contribution in [0.2, 0.25) is 0 Å². The van der Waals surface area contributed by atoms with Crippen molar-refractivity contribution in [1.29, 1.82) is 0 Å². The second-order valence-electron chi connectivity index (χ2n) is 5.35. The van der Waals surface area contributed by atoms with Crippen LogP contribution in [0.5, 0.6) is 0 Å². The SMILES string of the molecule is CNc1cc(C)nc(C2CN(Cc3ccn[nH]3)CCO2)c1. The molecule has 1 aliphatic rings. The predicted molar refractivity (Wildman–Crippen MR) is 81.1 cm³/mol. The minimum atomic E-state index is 0.0219. The normalized spacial score (nSPS) is 19.6. The van der Waals surface area contributed by atoms with Crippen LogP contribution in [0.4, 0.5) is 5.69 Å². The first kappa shape index (κ1) is 14.0. The molecule has 21 heavy (non-hydrogen) atoms. The molecule has 0 aromatic carbocycles. The average molecular weight is 287 g/mol. The second-order valence-corrected chi connectivity index (χ2v) is 5.35. The summed E-state index contributed by atoms with van der Waals surface area (Å²) < 4.78 is 5.91. The number of H-pyrrole nitrogens is 1. The van der Waals surface area contributed by atoms with Gasteiger partial charge in [-0.05, 0) is 25.1 Å². The maximum absolute atomic E-state index is 5.91. The smallest absolute Gasteiger partial charge is 0.112 e. The van der Waals surface area contributed by atoms with E-state index in [1.165, 1.54) is 0 Å². The highest BCUT2D eigenvalue weighted by molar-refractivity contribution is 5.45. The molecule has 6 heteroatoms. The number of pyridine rings is 1. The van der Waals surface area contributed by atoms with Crippen molar-refractivity contribution in [3.63, 3.8) is 0 Å². The summed E-state index contributed by atoms with van der Waals surface area (Å²) in [5, 5.41) is 10.2. The fourth-order valence-electron chi connectivity index (χ4n) is 2.64. The highest BCUT2D eigenvalue weighted by atomic mass is 16.5. The lowest BCUT2D eigenvalue weighted by atomic mass is 10.1. The van der Waals surface area contributed by atoms with Gasteiger partial charge in [0.25, 0.3) is 0 Å². The Morgan fingerprint density at radius 2 is 2.38 bits per heavy atom. The van der Waals surface area contributed by atoms with Crippen molar-refractivity contribution >= 4 is 5.69 Å². The third-order valence-corrected chi connectivity index (χ3v) is 3.69. The van der Waals surface area contributed by atoms with Gasteiger partial charge in [0.15, 0.2) is 0 Å². The molecule has 3 heterocycles. The van der Waals surface area contributed by atoms with E-state index in [0.717, 1.165) is 49.0 Å². The summed E-state index contributed by atoms with van der Waals surface area (Å²) in [5.41, 5.74) is 4.20. The minimum absolute atomic E-state index is 0.0219. The Morgan fingerprint density at radius 1 is 1.48 bits per heavy atom. The molecule has 6 nitrogen and oxygen atoms in total. The van der Waals surface area contributed by atoms with Crippen LogP contribution in [0.15, 0.2) is 24.4 Å². The summed E-state index contributed by atoms with van der Waals surface area (Å²) in [5.74, 6) is 0. The molecule has 2 N–H and O–H groups in total. The lowest BCUT2D eigenvalue weighted by Gasteiger charge is -2.32. The number of aromatic nitrogens is 3. The quantitative estimate of drug-likeness (QED) is 0.896. The third kappa shape index (κ3) is 3.40. The van der Waals surface area contributed by atoms with E-state index in [1.807, 2.05) is 26.1 Å². The summed E-state index contributed by atoms with van der Waals surface area (Å²) in [4.78, 5) is 6.99. The first-order chi connectivity index (χ1) is 10.2. The Bertz CT molecular complexity index is 584. The zero-order valence-electron chi connectivity index (χ0n) is 12.5. The van der Waals surface area contributed by atoms with Gasteiger partial charge in [0.05, 0.1) is 12.3 Å². The monoisotopic (exact) mass is 287 g/mol. The second kappa shape index (κ2) is 6.24. The van der Waals surface area contributed by atoms with Crippen LogP contribution in [-0.2, 0) is 11.3 Å². The highest BCUT2D eigenvalue weighted by Crippen LogP contribution is 2.24. The summed E-state index contributed by atoms with van der Waals surface area (Å²) in [6, 6.07) is 6.11. The maximum Gasteiger partial charge on any atom is 0.112 e. The molecule has 0 bridgehead atoms. The Labute approximate surface area is 124 Å². The van der Waals surface area contributed by atoms with Gasteiger partial charge in [-0.25, -0.2) is 0 Å². The van der Waals surface area contributed by atoms with E-state index in [0.29, 0.717) is 0 Å². The molecule has 3 rings (SSSR count). The van der Waals surface area contributed by atoms with E-state index in [2.05, 4.69) is 31.5 Å². The zero-order valence-corrected chi connectivity index (χ0v) is 12.5. The zero-order chi connectivity index (χ0) is 14.7. The molecule has 0 amide bonds. The van der Waals surface area contributed by atoms with Crippen LogP contribution < -0.4 is 5.32 Å². The largest absolute Gasteiger partial charge is 0.388 e. The average Bonchev–Trinajstić information content (AvgIpc) is 3.00. The standard InChI is InChI=1S/C15H21N5O/c1-11-7-13(16-2)8-14(18-11)15-10-20(5-6-21-15)9-12-3-4-17-19-12/h3-4,7-8,15H,5-6,9-10H2,1-2H3,(H,16,18)(H,17,19). The van der Waals surface area contributed by atoms with E-state index in [9.17, 15) is 0 Å². The van der Waals surface area contributed by atoms with E-state index >= 15 is 0 Å². The van der Waals surface area contributed by atoms with Crippen molar-refractivity contribution in [3.8, 4) is 0 Å². The number of rotatable bonds is 4. The van der Waals surface area contributed by atoms with Gasteiger partial charge >= 0.3 is 0 Å². The van der Waals surface area contributed by atoms with E-state index in [1.54, 1.807) is 6.20 Å². The molecular weight excluding hydrogens is 266 g/mol. The number of hydrogen-bond acceptors (Lipinski definition) is 5. The van der Waals surface area contributed by atoms with Crippen LogP contribution in [0.3, 0.4) is 0 Å². The maximum atomic E-state index is 5.91. The van der Waals surface area contributed by atoms with Crippen molar-refractivity contribution in [2.45, 2.75) is 19.6 Å². The topological polar surface area (TPSA) is 66.1 Å². The fourth-order valence-corrected chi connectivity index (χ4v) is 2.64. The number of ether oxygens (including phenoxy) is 1. The van der Waals surface area contributed by atoms with E-state index < -0.39 is 0 Å². The van der Waals surface area contributed by atoms with Gasteiger partial charge in [0.2, 0.25) is 0 Å². The Balaban J connectivity index is 1.72. The number of aryl methyl sites for hydroxylation is 1. The summed E-state index contributed by atoms with van der Waals surface area (Å²) >= 11 is 0. The van der Waals surface area contributed by atoms with Crippen molar-refractivity contribution in [1.82, 2.24) is 20.1 Å². The molecule has 1 saturated heterocycles. The Hall–Kier alpha value is -1.92. The highest BCUT2D eigenvalue weighted by Gasteiger charge is 2.23. The van der Waals surface area contributed by atoms with Crippen LogP contribution >= 0.6 is 0 Å². The minimum Gasteiger partial charge on any atom is -0.388 e. The Kier molecular flexibility index (Phi) is 4.17. The van der Waals surface area contributed by atoms with Crippen molar-refractivity contribution in [3.05, 3.63) is 41.5 Å². The van der Waals surface area contributed by atoms with Gasteiger partial charge in [-0.3, -0.25) is 15.0 Å². The van der Waals surface area contributed by atoms with Gasteiger partial charge in [0, 0.05) is 50.0 Å². The summed E-state index contributed by atoms with van der Waals surface area (Å²) in [7, 11) is 1.92. The van der Waals surface area contributed by atoms with Gasteiger partial charge in [0.1, 0.15) is 6.10 Å². The van der Waals surface area contributed by atoms with Gasteiger partial charge in [-0.15, -0.1) is 0 Å². The number of nitrogens with one attached hydrogen (secondary N) is 2. The number of aromatic amines is 1. The molecule has 1 fully saturated rings. The molecular formula is C15H21N5O. The number of anilines is 1. The molecule has 0 saturated carbocycles. The first-order valence-electron chi connectivity index (χ1n) is 7.23. The molecule has 1 unspecified atom stereocenters. The third-order valence-electron chi connectivity index (χ3n) is 3.69. The van der Waals surface area contributed by atoms with Gasteiger partial charge in [-0.2, -0.15) is 5.10 Å². The molecule has 2 aromatic rings. The molecule has 2 aromatic heterocycles. The van der Waals surface area contributed by atoms with Crippen molar-refractivity contribution < 1.29 is 4.74 Å². The summed E-state index contributed by atoms with van der Waals surface area (Å²) in [6.07, 6.45) is 1.81. The van der Waals surface area contributed by atoms with E-state index in [-0.39, 0.29) is 6.10 Å². The molecule has 0 aliphatic carbocycles. The lowest BCUT2D eigenvalue weighted by Crippen LogP contribution is -2.38. The number of morpholine rings is 1. The predicted octanol–water partition coefficient (Wildman–Crippen LogP) is 1.73. The van der Waals surface area contributed by atoms with Crippen LogP contribution in [-0.4, -0.2) is 46.8 Å².